The second-order valence-electron chi connectivity index (χ2n) is 5.72. The van der Waals surface area contributed by atoms with E-state index >= 15 is 0 Å². The maximum absolute atomic E-state index is 11.0. The van der Waals surface area contributed by atoms with Crippen LogP contribution in [0.25, 0.3) is 11.4 Å². The molecule has 0 aliphatic rings. The van der Waals surface area contributed by atoms with Crippen LogP contribution in [0.2, 0.25) is 5.15 Å². The zero-order valence-corrected chi connectivity index (χ0v) is 13.5. The molecule has 0 aliphatic heterocycles. The number of anilines is 1. The predicted octanol–water partition coefficient (Wildman–Crippen LogP) is 3.77. The van der Waals surface area contributed by atoms with Crippen molar-refractivity contribution in [1.29, 1.82) is 0 Å². The first-order chi connectivity index (χ1) is 10.3. The fourth-order valence-electron chi connectivity index (χ4n) is 2.05. The van der Waals surface area contributed by atoms with E-state index in [1.165, 1.54) is 5.56 Å². The molecule has 0 fully saturated rings. The van der Waals surface area contributed by atoms with Gasteiger partial charge in [0.05, 0.1) is 0 Å². The van der Waals surface area contributed by atoms with Crippen molar-refractivity contribution in [2.45, 2.75) is 32.6 Å². The molecule has 0 saturated heterocycles. The quantitative estimate of drug-likeness (QED) is 0.837. The Morgan fingerprint density at radius 3 is 2.32 bits per heavy atom. The average Bonchev–Trinajstić information content (AvgIpc) is 2.46. The second-order valence-corrected chi connectivity index (χ2v) is 6.08. The van der Waals surface area contributed by atoms with Crippen LogP contribution in [0.3, 0.4) is 0 Å². The van der Waals surface area contributed by atoms with Crippen LogP contribution in [0, 0.1) is 0 Å². The van der Waals surface area contributed by atoms with E-state index in [9.17, 15) is 4.79 Å². The van der Waals surface area contributed by atoms with Crippen LogP contribution in [0.5, 0.6) is 0 Å². The Balaban J connectivity index is 2.43. The topological polar surface area (TPSA) is 89.1 Å². The van der Waals surface area contributed by atoms with E-state index in [4.69, 9.17) is 22.4 Å². The molecular formula is C16H18ClN3O2. The molecule has 0 unspecified atom stereocenters. The van der Waals surface area contributed by atoms with Crippen molar-refractivity contribution >= 4 is 23.4 Å². The summed E-state index contributed by atoms with van der Waals surface area (Å²) < 4.78 is 0. The van der Waals surface area contributed by atoms with Crippen LogP contribution >= 0.6 is 11.6 Å². The van der Waals surface area contributed by atoms with Gasteiger partial charge in [0.2, 0.25) is 0 Å². The molecule has 0 aliphatic carbocycles. The number of nitrogen functional groups attached to an aromatic ring is 1. The first-order valence-corrected chi connectivity index (χ1v) is 7.31. The minimum atomic E-state index is -1.24. The molecule has 2 rings (SSSR count). The fraction of sp³-hybridized carbons (Fsp3) is 0.312. The van der Waals surface area contributed by atoms with Crippen LogP contribution in [0.15, 0.2) is 24.3 Å². The number of nitrogens with two attached hydrogens (primary N) is 1. The number of benzene rings is 1. The summed E-state index contributed by atoms with van der Waals surface area (Å²) in [4.78, 5) is 19.1. The van der Waals surface area contributed by atoms with Crippen LogP contribution in [-0.4, -0.2) is 21.0 Å². The molecule has 5 nitrogen and oxygen atoms in total. The van der Waals surface area contributed by atoms with Gasteiger partial charge >= 0.3 is 5.97 Å². The van der Waals surface area contributed by atoms with E-state index in [0.717, 1.165) is 12.0 Å². The normalized spacial score (nSPS) is 11.5. The highest BCUT2D eigenvalue weighted by Gasteiger charge is 2.20. The smallest absolute Gasteiger partial charge is 0.342 e. The van der Waals surface area contributed by atoms with Gasteiger partial charge in [-0.2, -0.15) is 0 Å². The van der Waals surface area contributed by atoms with E-state index in [-0.39, 0.29) is 21.9 Å². The van der Waals surface area contributed by atoms with Crippen molar-refractivity contribution in [2.75, 3.05) is 5.73 Å². The average molecular weight is 320 g/mol. The summed E-state index contributed by atoms with van der Waals surface area (Å²) in [6, 6.07) is 7.80. The van der Waals surface area contributed by atoms with Gasteiger partial charge in [-0.3, -0.25) is 0 Å². The number of carbonyl (C=O) groups is 1. The molecule has 0 bridgehead atoms. The third-order valence-corrected chi connectivity index (χ3v) is 4.19. The monoisotopic (exact) mass is 319 g/mol. The summed E-state index contributed by atoms with van der Waals surface area (Å²) >= 11 is 5.89. The number of aromatic carboxylic acids is 1. The molecular weight excluding hydrogens is 302 g/mol. The van der Waals surface area contributed by atoms with Crippen LogP contribution < -0.4 is 5.73 Å². The molecule has 0 radical (unpaired) electrons. The minimum absolute atomic E-state index is 0.0865. The lowest BCUT2D eigenvalue weighted by atomic mass is 9.82. The maximum Gasteiger partial charge on any atom is 0.342 e. The van der Waals surface area contributed by atoms with E-state index in [1.54, 1.807) is 0 Å². The maximum atomic E-state index is 11.0. The molecule has 1 heterocycles. The number of aromatic nitrogens is 2. The molecule has 0 atom stereocenters. The van der Waals surface area contributed by atoms with Gasteiger partial charge in [0.15, 0.2) is 5.82 Å². The molecule has 116 valence electrons. The van der Waals surface area contributed by atoms with E-state index < -0.39 is 5.97 Å². The number of rotatable bonds is 4. The predicted molar refractivity (Wildman–Crippen MR) is 87.2 cm³/mol. The number of halogens is 1. The van der Waals surface area contributed by atoms with Crippen LogP contribution in [0.1, 0.15) is 43.1 Å². The molecule has 0 saturated carbocycles. The Bertz CT molecular complexity index is 689. The largest absolute Gasteiger partial charge is 0.477 e. The first-order valence-electron chi connectivity index (χ1n) is 6.93. The van der Waals surface area contributed by atoms with E-state index in [0.29, 0.717) is 5.82 Å². The highest BCUT2D eigenvalue weighted by atomic mass is 35.5. The summed E-state index contributed by atoms with van der Waals surface area (Å²) in [6.45, 7) is 6.49. The van der Waals surface area contributed by atoms with Gasteiger partial charge in [-0.05, 0) is 17.4 Å². The summed E-state index contributed by atoms with van der Waals surface area (Å²) in [5, 5.41) is 8.86. The highest BCUT2D eigenvalue weighted by molar-refractivity contribution is 6.33. The molecule has 1 aromatic carbocycles. The Labute approximate surface area is 134 Å². The number of hydrogen-bond donors (Lipinski definition) is 2. The Morgan fingerprint density at radius 1 is 1.27 bits per heavy atom. The molecule has 2 aromatic rings. The summed E-state index contributed by atoms with van der Waals surface area (Å²) in [7, 11) is 0. The SMILES string of the molecule is CCC(C)(C)c1ccc(-c2nc(N)c(C(=O)O)c(Cl)n2)cc1. The summed E-state index contributed by atoms with van der Waals surface area (Å²) in [5.74, 6) is -1.07. The van der Waals surface area contributed by atoms with Crippen molar-refractivity contribution in [3.8, 4) is 11.4 Å². The van der Waals surface area contributed by atoms with Crippen LogP contribution in [0.4, 0.5) is 5.82 Å². The van der Waals surface area contributed by atoms with Crippen molar-refractivity contribution in [2.24, 2.45) is 0 Å². The van der Waals surface area contributed by atoms with E-state index in [2.05, 4.69) is 30.7 Å². The molecule has 0 spiro atoms. The standard InChI is InChI=1S/C16H18ClN3O2/c1-4-16(2,3)10-7-5-9(6-8-10)14-19-12(17)11(15(21)22)13(18)20-14/h5-8H,4H2,1-3H3,(H,21,22)(H2,18,19,20). The Hall–Kier alpha value is -2.14. The van der Waals surface area contributed by atoms with Gasteiger partial charge in [-0.25, -0.2) is 14.8 Å². The first kappa shape index (κ1) is 16.2. The lowest BCUT2D eigenvalue weighted by Gasteiger charge is -2.23. The third-order valence-electron chi connectivity index (χ3n) is 3.92. The lowest BCUT2D eigenvalue weighted by molar-refractivity contribution is 0.0697. The van der Waals surface area contributed by atoms with Gasteiger partial charge in [-0.1, -0.05) is 56.6 Å². The van der Waals surface area contributed by atoms with Gasteiger partial charge in [-0.15, -0.1) is 0 Å². The minimum Gasteiger partial charge on any atom is -0.477 e. The molecule has 3 N–H and O–H groups in total. The zero-order valence-electron chi connectivity index (χ0n) is 12.7. The summed E-state index contributed by atoms with van der Waals surface area (Å²) in [6.07, 6.45) is 1.02. The van der Waals surface area contributed by atoms with Crippen molar-refractivity contribution in [3.63, 3.8) is 0 Å². The number of carboxylic acid groups (broad SMARTS) is 1. The van der Waals surface area contributed by atoms with Gasteiger partial charge < -0.3 is 10.8 Å². The third kappa shape index (κ3) is 3.04. The van der Waals surface area contributed by atoms with Crippen LogP contribution in [-0.2, 0) is 5.41 Å². The zero-order chi connectivity index (χ0) is 16.5. The van der Waals surface area contributed by atoms with Gasteiger partial charge in [0.25, 0.3) is 0 Å². The molecule has 6 heteroatoms. The number of nitrogens with zero attached hydrogens (tertiary/aromatic N) is 2. The summed E-state index contributed by atoms with van der Waals surface area (Å²) in [5.41, 5.74) is 7.43. The fourth-order valence-corrected chi connectivity index (χ4v) is 2.31. The number of carboxylic acids is 1. The van der Waals surface area contributed by atoms with Gasteiger partial charge in [0, 0.05) is 5.56 Å². The highest BCUT2D eigenvalue weighted by Crippen LogP contribution is 2.29. The van der Waals surface area contributed by atoms with Crippen molar-refractivity contribution in [3.05, 3.63) is 40.5 Å². The molecule has 0 amide bonds. The lowest BCUT2D eigenvalue weighted by Crippen LogP contribution is -2.15. The van der Waals surface area contributed by atoms with Crippen molar-refractivity contribution in [1.82, 2.24) is 9.97 Å². The number of hydrogen-bond acceptors (Lipinski definition) is 4. The second kappa shape index (κ2) is 5.93. The van der Waals surface area contributed by atoms with Gasteiger partial charge in [0.1, 0.15) is 16.5 Å². The molecule has 1 aromatic heterocycles. The Morgan fingerprint density at radius 2 is 1.86 bits per heavy atom. The van der Waals surface area contributed by atoms with E-state index in [1.807, 2.05) is 24.3 Å². The molecule has 22 heavy (non-hydrogen) atoms. The Kier molecular flexibility index (Phi) is 4.37. The van der Waals surface area contributed by atoms with Crippen molar-refractivity contribution < 1.29 is 9.90 Å².